The van der Waals surface area contributed by atoms with E-state index >= 15 is 0 Å². The molecule has 96 valence electrons. The Morgan fingerprint density at radius 1 is 1.35 bits per heavy atom. The highest BCUT2D eigenvalue weighted by Crippen LogP contribution is 2.06. The maximum atomic E-state index is 8.68. The van der Waals surface area contributed by atoms with Gasteiger partial charge in [0.1, 0.15) is 5.82 Å². The van der Waals surface area contributed by atoms with E-state index in [1.165, 1.54) is 0 Å². The lowest BCUT2D eigenvalue weighted by molar-refractivity contribution is 0.270. The zero-order valence-corrected chi connectivity index (χ0v) is 10.4. The van der Waals surface area contributed by atoms with Crippen molar-refractivity contribution >= 4 is 5.82 Å². The van der Waals surface area contributed by atoms with E-state index in [0.29, 0.717) is 5.82 Å². The summed E-state index contributed by atoms with van der Waals surface area (Å²) in [6, 6.07) is 5.77. The molecular formula is C12H22N4O. The zero-order valence-electron chi connectivity index (χ0n) is 10.4. The van der Waals surface area contributed by atoms with Gasteiger partial charge in [0, 0.05) is 13.2 Å². The second-order valence-electron chi connectivity index (χ2n) is 4.18. The minimum atomic E-state index is 0.287. The summed E-state index contributed by atoms with van der Waals surface area (Å²) < 4.78 is 0. The van der Waals surface area contributed by atoms with Crippen molar-refractivity contribution in [3.05, 3.63) is 23.9 Å². The van der Waals surface area contributed by atoms with Gasteiger partial charge < -0.3 is 15.4 Å². The molecule has 0 saturated heterocycles. The second-order valence-corrected chi connectivity index (χ2v) is 4.18. The number of aromatic nitrogens is 1. The first-order valence-electron chi connectivity index (χ1n) is 5.98. The molecule has 0 bridgehead atoms. The lowest BCUT2D eigenvalue weighted by Gasteiger charge is -2.16. The van der Waals surface area contributed by atoms with E-state index < -0.39 is 0 Å². The minimum absolute atomic E-state index is 0.287. The molecule has 17 heavy (non-hydrogen) atoms. The van der Waals surface area contributed by atoms with Crippen molar-refractivity contribution in [1.82, 2.24) is 9.88 Å². The van der Waals surface area contributed by atoms with E-state index in [1.54, 1.807) is 0 Å². The van der Waals surface area contributed by atoms with E-state index in [9.17, 15) is 0 Å². The number of nitrogens with one attached hydrogen (secondary N) is 1. The number of nitrogens with two attached hydrogens (primary N) is 1. The molecule has 0 aliphatic heterocycles. The van der Waals surface area contributed by atoms with Gasteiger partial charge >= 0.3 is 0 Å². The van der Waals surface area contributed by atoms with E-state index in [2.05, 4.69) is 22.4 Å². The fraction of sp³-hybridized carbons (Fsp3) is 0.583. The zero-order chi connectivity index (χ0) is 12.5. The Bertz CT molecular complexity index is 319. The standard InChI is InChI=1S/C12H22N4O/c1-16(8-3-2-4-9-17)10-11-6-5-7-12(14-11)15-13/h5-7,17H,2-4,8-10,13H2,1H3,(H,14,15). The van der Waals surface area contributed by atoms with Gasteiger partial charge in [0.2, 0.25) is 0 Å². The van der Waals surface area contributed by atoms with Crippen molar-refractivity contribution in [2.45, 2.75) is 25.8 Å². The summed E-state index contributed by atoms with van der Waals surface area (Å²) >= 11 is 0. The van der Waals surface area contributed by atoms with Crippen LogP contribution in [-0.4, -0.2) is 35.2 Å². The van der Waals surface area contributed by atoms with E-state index in [1.807, 2.05) is 18.2 Å². The van der Waals surface area contributed by atoms with Crippen LogP contribution in [0.5, 0.6) is 0 Å². The van der Waals surface area contributed by atoms with Crippen LogP contribution in [0.2, 0.25) is 0 Å². The first-order valence-corrected chi connectivity index (χ1v) is 5.98. The molecule has 0 unspecified atom stereocenters. The molecule has 0 spiro atoms. The highest BCUT2D eigenvalue weighted by molar-refractivity contribution is 5.33. The fourth-order valence-electron chi connectivity index (χ4n) is 1.67. The van der Waals surface area contributed by atoms with Gasteiger partial charge in [0.25, 0.3) is 0 Å². The van der Waals surface area contributed by atoms with Crippen LogP contribution in [0, 0.1) is 0 Å². The van der Waals surface area contributed by atoms with Crippen LogP contribution in [0.15, 0.2) is 18.2 Å². The van der Waals surface area contributed by atoms with Crippen LogP contribution in [-0.2, 0) is 6.54 Å². The van der Waals surface area contributed by atoms with Gasteiger partial charge in [0.05, 0.1) is 5.69 Å². The van der Waals surface area contributed by atoms with Crippen LogP contribution in [0.4, 0.5) is 5.82 Å². The SMILES string of the molecule is CN(CCCCCO)Cc1cccc(NN)n1. The number of unbranched alkanes of at least 4 members (excludes halogenated alkanes) is 2. The molecule has 0 aromatic carbocycles. The largest absolute Gasteiger partial charge is 0.396 e. The van der Waals surface area contributed by atoms with E-state index in [-0.39, 0.29) is 6.61 Å². The van der Waals surface area contributed by atoms with Gasteiger partial charge in [0.15, 0.2) is 0 Å². The molecule has 0 amide bonds. The highest BCUT2D eigenvalue weighted by Gasteiger charge is 2.02. The van der Waals surface area contributed by atoms with Crippen LogP contribution in [0.3, 0.4) is 0 Å². The van der Waals surface area contributed by atoms with E-state index in [4.69, 9.17) is 10.9 Å². The first-order chi connectivity index (χ1) is 8.26. The third-order valence-electron chi connectivity index (χ3n) is 2.58. The summed E-state index contributed by atoms with van der Waals surface area (Å²) in [5, 5.41) is 8.68. The van der Waals surface area contributed by atoms with Gasteiger partial charge in [-0.1, -0.05) is 6.07 Å². The number of anilines is 1. The van der Waals surface area contributed by atoms with Gasteiger partial charge in [-0.3, -0.25) is 0 Å². The quantitative estimate of drug-likeness (QED) is 0.357. The second kappa shape index (κ2) is 8.00. The monoisotopic (exact) mass is 238 g/mol. The molecule has 1 aromatic heterocycles. The molecule has 0 saturated carbocycles. The predicted octanol–water partition coefficient (Wildman–Crippen LogP) is 0.962. The van der Waals surface area contributed by atoms with Crippen molar-refractivity contribution in [3.8, 4) is 0 Å². The third kappa shape index (κ3) is 5.63. The average molecular weight is 238 g/mol. The van der Waals surface area contributed by atoms with E-state index in [0.717, 1.165) is 38.0 Å². The maximum Gasteiger partial charge on any atom is 0.140 e. The molecule has 1 aromatic rings. The number of hydrogen-bond donors (Lipinski definition) is 3. The number of hydrazine groups is 1. The molecule has 0 radical (unpaired) electrons. The van der Waals surface area contributed by atoms with Gasteiger partial charge in [-0.2, -0.15) is 0 Å². The molecule has 0 aliphatic rings. The molecule has 4 N–H and O–H groups in total. The molecule has 1 rings (SSSR count). The topological polar surface area (TPSA) is 74.4 Å². The molecule has 0 aliphatic carbocycles. The third-order valence-corrected chi connectivity index (χ3v) is 2.58. The summed E-state index contributed by atoms with van der Waals surface area (Å²) in [4.78, 5) is 6.58. The Morgan fingerprint density at radius 2 is 2.18 bits per heavy atom. The summed E-state index contributed by atoms with van der Waals surface area (Å²) in [5.74, 6) is 6.00. The van der Waals surface area contributed by atoms with Crippen molar-refractivity contribution < 1.29 is 5.11 Å². The number of hydrogen-bond acceptors (Lipinski definition) is 5. The van der Waals surface area contributed by atoms with Gasteiger partial charge in [-0.25, -0.2) is 10.8 Å². The smallest absolute Gasteiger partial charge is 0.140 e. The summed E-state index contributed by atoms with van der Waals surface area (Å²) in [6.07, 6.45) is 3.06. The lowest BCUT2D eigenvalue weighted by Crippen LogP contribution is -2.20. The van der Waals surface area contributed by atoms with Crippen LogP contribution >= 0.6 is 0 Å². The van der Waals surface area contributed by atoms with Crippen molar-refractivity contribution in [2.75, 3.05) is 25.6 Å². The fourth-order valence-corrected chi connectivity index (χ4v) is 1.67. The summed E-state index contributed by atoms with van der Waals surface area (Å²) in [7, 11) is 2.07. The van der Waals surface area contributed by atoms with Crippen LogP contribution in [0.25, 0.3) is 0 Å². The Kier molecular flexibility index (Phi) is 6.54. The maximum absolute atomic E-state index is 8.68. The number of aliphatic hydroxyl groups excluding tert-OH is 1. The molecule has 0 fully saturated rings. The van der Waals surface area contributed by atoms with Crippen molar-refractivity contribution in [1.29, 1.82) is 0 Å². The Balaban J connectivity index is 2.31. The summed E-state index contributed by atoms with van der Waals surface area (Å²) in [6.45, 7) is 2.12. The number of aliphatic hydroxyl groups is 1. The van der Waals surface area contributed by atoms with Crippen molar-refractivity contribution in [2.24, 2.45) is 5.84 Å². The predicted molar refractivity (Wildman–Crippen MR) is 69.3 cm³/mol. The number of nitrogens with zero attached hydrogens (tertiary/aromatic N) is 2. The summed E-state index contributed by atoms with van der Waals surface area (Å²) in [5.41, 5.74) is 3.55. The first kappa shape index (κ1) is 13.9. The van der Waals surface area contributed by atoms with Crippen molar-refractivity contribution in [3.63, 3.8) is 0 Å². The van der Waals surface area contributed by atoms with Gasteiger partial charge in [-0.05, 0) is 45.0 Å². The minimum Gasteiger partial charge on any atom is -0.396 e. The number of nitrogen functional groups attached to an aromatic ring is 1. The molecule has 0 atom stereocenters. The molecule has 5 nitrogen and oxygen atoms in total. The Labute approximate surface area is 103 Å². The number of pyridine rings is 1. The normalized spacial score (nSPS) is 10.8. The van der Waals surface area contributed by atoms with Crippen LogP contribution < -0.4 is 11.3 Å². The van der Waals surface area contributed by atoms with Crippen LogP contribution in [0.1, 0.15) is 25.0 Å². The highest BCUT2D eigenvalue weighted by atomic mass is 16.2. The molecule has 1 heterocycles. The Morgan fingerprint density at radius 3 is 2.88 bits per heavy atom. The molecule has 5 heteroatoms. The van der Waals surface area contributed by atoms with Gasteiger partial charge in [-0.15, -0.1) is 0 Å². The average Bonchev–Trinajstić information content (AvgIpc) is 2.35. The number of rotatable bonds is 8. The molecular weight excluding hydrogens is 216 g/mol. The Hall–Kier alpha value is -1.17. The lowest BCUT2D eigenvalue weighted by atomic mass is 10.2.